The highest BCUT2D eigenvalue weighted by Gasteiger charge is 2.30. The van der Waals surface area contributed by atoms with Gasteiger partial charge in [-0.3, -0.25) is 0 Å². The molecule has 1 aromatic heterocycles. The molecular formula is C12H18BN3O3. The van der Waals surface area contributed by atoms with Crippen LogP contribution in [0.3, 0.4) is 0 Å². The molecule has 1 amide bonds. The van der Waals surface area contributed by atoms with E-state index in [1.54, 1.807) is 17.9 Å². The predicted octanol–water partition coefficient (Wildman–Crippen LogP) is 0.305. The van der Waals surface area contributed by atoms with Gasteiger partial charge in [0.1, 0.15) is 20.1 Å². The second kappa shape index (κ2) is 4.79. The highest BCUT2D eigenvalue weighted by molar-refractivity contribution is 6.33. The minimum atomic E-state index is -0.512. The molecule has 0 N–H and O–H groups in total. The first-order valence-corrected chi connectivity index (χ1v) is 6.18. The maximum absolute atomic E-state index is 12.0. The molecule has 1 atom stereocenters. The summed E-state index contributed by atoms with van der Waals surface area (Å²) in [4.78, 5) is 13.5. The van der Waals surface area contributed by atoms with Crippen molar-refractivity contribution in [1.29, 1.82) is 0 Å². The van der Waals surface area contributed by atoms with Crippen molar-refractivity contribution >= 4 is 19.4 Å². The monoisotopic (exact) mass is 263 g/mol. The first-order valence-electron chi connectivity index (χ1n) is 6.18. The summed E-state index contributed by atoms with van der Waals surface area (Å²) < 4.78 is 12.5. The van der Waals surface area contributed by atoms with Crippen molar-refractivity contribution < 1.29 is 14.3 Å². The summed E-state index contributed by atoms with van der Waals surface area (Å²) in [6.45, 7) is 6.43. The molecule has 0 fully saturated rings. The van der Waals surface area contributed by atoms with E-state index in [1.165, 1.54) is 4.90 Å². The number of fused-ring (bicyclic) bond motifs is 1. The predicted molar refractivity (Wildman–Crippen MR) is 70.9 cm³/mol. The van der Waals surface area contributed by atoms with Gasteiger partial charge in [0.15, 0.2) is 0 Å². The molecule has 1 aliphatic rings. The van der Waals surface area contributed by atoms with Crippen molar-refractivity contribution in [3.05, 3.63) is 6.20 Å². The van der Waals surface area contributed by atoms with Gasteiger partial charge in [-0.25, -0.2) is 9.48 Å². The lowest BCUT2D eigenvalue weighted by Crippen LogP contribution is -2.48. The van der Waals surface area contributed by atoms with E-state index in [4.69, 9.17) is 17.3 Å². The van der Waals surface area contributed by atoms with Crippen LogP contribution in [-0.4, -0.2) is 53.9 Å². The van der Waals surface area contributed by atoms with Gasteiger partial charge >= 0.3 is 6.09 Å². The van der Waals surface area contributed by atoms with Gasteiger partial charge in [0.25, 0.3) is 0 Å². The third-order valence-corrected chi connectivity index (χ3v) is 2.84. The fraction of sp³-hybridized carbons (Fsp3) is 0.667. The van der Waals surface area contributed by atoms with E-state index >= 15 is 0 Å². The molecule has 1 unspecified atom stereocenters. The zero-order valence-corrected chi connectivity index (χ0v) is 11.7. The minimum absolute atomic E-state index is 0.123. The Morgan fingerprint density at radius 3 is 2.95 bits per heavy atom. The summed E-state index contributed by atoms with van der Waals surface area (Å²) in [6.07, 6.45) is 1.18. The SMILES string of the molecule is [B]c1cnn2c1OCC(N(C)C(=O)OC(C)(C)C)C2. The Morgan fingerprint density at radius 2 is 2.32 bits per heavy atom. The van der Waals surface area contributed by atoms with Crippen LogP contribution in [0.1, 0.15) is 20.8 Å². The zero-order valence-electron chi connectivity index (χ0n) is 11.7. The number of carbonyl (C=O) groups is 1. The van der Waals surface area contributed by atoms with E-state index in [-0.39, 0.29) is 12.1 Å². The van der Waals surface area contributed by atoms with Crippen molar-refractivity contribution in [2.45, 2.75) is 39.0 Å². The third-order valence-electron chi connectivity index (χ3n) is 2.84. The van der Waals surface area contributed by atoms with Crippen LogP contribution >= 0.6 is 0 Å². The quantitative estimate of drug-likeness (QED) is 0.684. The van der Waals surface area contributed by atoms with Crippen molar-refractivity contribution in [2.75, 3.05) is 13.7 Å². The van der Waals surface area contributed by atoms with Crippen LogP contribution in [0.15, 0.2) is 6.20 Å². The maximum Gasteiger partial charge on any atom is 0.410 e. The standard InChI is InChI=1S/C12H18BN3O3/c1-12(2,3)19-11(17)15(4)8-6-16-10(18-7-8)9(13)5-14-16/h5,8H,6-7H2,1-4H3. The second-order valence-corrected chi connectivity index (χ2v) is 5.64. The molecule has 7 heteroatoms. The lowest BCUT2D eigenvalue weighted by atomic mass is 10.0. The lowest BCUT2D eigenvalue weighted by Gasteiger charge is -2.33. The number of ether oxygens (including phenoxy) is 2. The van der Waals surface area contributed by atoms with Crippen molar-refractivity contribution in [3.8, 4) is 5.88 Å². The van der Waals surface area contributed by atoms with Gasteiger partial charge in [-0.2, -0.15) is 5.10 Å². The Hall–Kier alpha value is -1.66. The van der Waals surface area contributed by atoms with Crippen LogP contribution in [0, 0.1) is 0 Å². The number of rotatable bonds is 1. The van der Waals surface area contributed by atoms with Crippen LogP contribution in [-0.2, 0) is 11.3 Å². The molecule has 6 nitrogen and oxygen atoms in total. The van der Waals surface area contributed by atoms with E-state index in [2.05, 4.69) is 5.10 Å². The highest BCUT2D eigenvalue weighted by Crippen LogP contribution is 2.17. The third kappa shape index (κ3) is 3.02. The molecule has 1 aromatic rings. The van der Waals surface area contributed by atoms with E-state index in [9.17, 15) is 4.79 Å². The Bertz CT molecular complexity index is 481. The average molecular weight is 263 g/mol. The normalized spacial score (nSPS) is 18.4. The molecule has 19 heavy (non-hydrogen) atoms. The Kier molecular flexibility index (Phi) is 3.47. The number of aromatic nitrogens is 2. The largest absolute Gasteiger partial charge is 0.476 e. The smallest absolute Gasteiger partial charge is 0.410 e. The van der Waals surface area contributed by atoms with Gasteiger partial charge < -0.3 is 14.4 Å². The first kappa shape index (κ1) is 13.8. The number of hydrogen-bond acceptors (Lipinski definition) is 4. The van der Waals surface area contributed by atoms with Crippen molar-refractivity contribution in [3.63, 3.8) is 0 Å². The number of likely N-dealkylation sites (N-methyl/N-ethyl adjacent to an activating group) is 1. The molecule has 0 saturated heterocycles. The fourth-order valence-electron chi connectivity index (χ4n) is 1.82. The van der Waals surface area contributed by atoms with Gasteiger partial charge in [-0.15, -0.1) is 0 Å². The van der Waals surface area contributed by atoms with Crippen LogP contribution in [0.5, 0.6) is 5.88 Å². The average Bonchev–Trinajstić information content (AvgIpc) is 2.67. The fourth-order valence-corrected chi connectivity index (χ4v) is 1.82. The minimum Gasteiger partial charge on any atom is -0.476 e. The van der Waals surface area contributed by atoms with E-state index in [0.717, 1.165) is 0 Å². The van der Waals surface area contributed by atoms with Crippen LogP contribution < -0.4 is 10.2 Å². The number of nitrogens with zero attached hydrogens (tertiary/aromatic N) is 3. The maximum atomic E-state index is 12.0. The molecule has 0 saturated carbocycles. The number of hydrogen-bond donors (Lipinski definition) is 0. The Labute approximate surface area is 114 Å². The van der Waals surface area contributed by atoms with Gasteiger partial charge in [0.05, 0.1) is 12.6 Å². The Morgan fingerprint density at radius 1 is 1.63 bits per heavy atom. The molecule has 2 rings (SSSR count). The molecule has 1 aliphatic heterocycles. The van der Waals surface area contributed by atoms with Gasteiger partial charge in [0, 0.05) is 13.2 Å². The van der Waals surface area contributed by atoms with E-state index in [0.29, 0.717) is 24.5 Å². The number of amides is 1. The summed E-state index contributed by atoms with van der Waals surface area (Å²) in [5.74, 6) is 0.564. The molecule has 2 heterocycles. The molecule has 0 aromatic carbocycles. The summed E-state index contributed by atoms with van der Waals surface area (Å²) in [7, 11) is 7.41. The van der Waals surface area contributed by atoms with Crippen molar-refractivity contribution in [1.82, 2.24) is 14.7 Å². The zero-order chi connectivity index (χ0) is 14.2. The molecule has 102 valence electrons. The lowest BCUT2D eigenvalue weighted by molar-refractivity contribution is 0.0106. The van der Waals surface area contributed by atoms with E-state index in [1.807, 2.05) is 20.8 Å². The van der Waals surface area contributed by atoms with Crippen molar-refractivity contribution in [2.24, 2.45) is 0 Å². The van der Waals surface area contributed by atoms with Crippen LogP contribution in [0.25, 0.3) is 0 Å². The Balaban J connectivity index is 2.02. The van der Waals surface area contributed by atoms with Gasteiger partial charge in [-0.1, -0.05) is 0 Å². The molecular weight excluding hydrogens is 245 g/mol. The molecule has 0 aliphatic carbocycles. The first-order chi connectivity index (χ1) is 8.78. The van der Waals surface area contributed by atoms with Crippen LogP contribution in [0.4, 0.5) is 4.79 Å². The van der Waals surface area contributed by atoms with Gasteiger partial charge in [0.2, 0.25) is 5.88 Å². The highest BCUT2D eigenvalue weighted by atomic mass is 16.6. The second-order valence-electron chi connectivity index (χ2n) is 5.64. The van der Waals surface area contributed by atoms with Crippen LogP contribution in [0.2, 0.25) is 0 Å². The summed E-state index contributed by atoms with van der Waals surface area (Å²) in [6, 6.07) is -0.123. The van der Waals surface area contributed by atoms with Gasteiger partial charge in [-0.05, 0) is 26.2 Å². The molecule has 2 radical (unpaired) electrons. The number of carbonyl (C=O) groups excluding carboxylic acids is 1. The van der Waals surface area contributed by atoms with E-state index < -0.39 is 5.60 Å². The molecule has 0 spiro atoms. The molecule has 0 bridgehead atoms. The summed E-state index contributed by atoms with van der Waals surface area (Å²) >= 11 is 0. The topological polar surface area (TPSA) is 56.6 Å². The summed E-state index contributed by atoms with van der Waals surface area (Å²) in [5, 5.41) is 4.11. The summed E-state index contributed by atoms with van der Waals surface area (Å²) in [5.41, 5.74) is 0.000630.